The van der Waals surface area contributed by atoms with E-state index in [9.17, 15) is 21.6 Å². The van der Waals surface area contributed by atoms with Crippen molar-refractivity contribution < 1.29 is 31.1 Å². The van der Waals surface area contributed by atoms with E-state index < -0.39 is 32.5 Å². The lowest BCUT2D eigenvalue weighted by atomic mass is 10.3. The molecule has 0 aromatic heterocycles. The number of amides is 1. The van der Waals surface area contributed by atoms with Crippen LogP contribution in [0.15, 0.2) is 47.4 Å². The Kier molecular flexibility index (Phi) is 8.10. The lowest BCUT2D eigenvalue weighted by Gasteiger charge is -2.22. The molecule has 0 atom stereocenters. The monoisotopic (exact) mass is 485 g/mol. The number of carbonyl (C=O) groups is 1. The summed E-state index contributed by atoms with van der Waals surface area (Å²) in [5.74, 6) is 0.0672. The average Bonchev–Trinajstić information content (AvgIpc) is 2.70. The lowest BCUT2D eigenvalue weighted by molar-refractivity contribution is -0.114. The van der Waals surface area contributed by atoms with Gasteiger partial charge in [-0.3, -0.25) is 9.10 Å². The van der Waals surface area contributed by atoms with Gasteiger partial charge in [0.1, 0.15) is 18.0 Å². The minimum Gasteiger partial charge on any atom is -0.497 e. The topological polar surface area (TPSA) is 131 Å². The van der Waals surface area contributed by atoms with Gasteiger partial charge in [0.2, 0.25) is 26.0 Å². The second-order valence-corrected chi connectivity index (χ2v) is 10.8. The molecule has 12 heteroatoms. The third kappa shape index (κ3) is 6.58. The number of methoxy groups -OCH3 is 2. The summed E-state index contributed by atoms with van der Waals surface area (Å²) >= 11 is 0. The maximum Gasteiger partial charge on any atom is 0.245 e. The molecular formula is C20H27N3O7S2. The summed E-state index contributed by atoms with van der Waals surface area (Å²) in [6.45, 7) is 2.83. The highest BCUT2D eigenvalue weighted by Gasteiger charge is 2.23. The first kappa shape index (κ1) is 25.4. The molecule has 176 valence electrons. The molecule has 2 N–H and O–H groups in total. The highest BCUT2D eigenvalue weighted by Crippen LogP contribution is 2.28. The summed E-state index contributed by atoms with van der Waals surface area (Å²) in [6, 6.07) is 9.85. The number of anilines is 2. The van der Waals surface area contributed by atoms with Crippen molar-refractivity contribution in [2.24, 2.45) is 0 Å². The van der Waals surface area contributed by atoms with Crippen molar-refractivity contribution in [3.8, 4) is 11.5 Å². The predicted molar refractivity (Wildman–Crippen MR) is 122 cm³/mol. The first-order chi connectivity index (χ1) is 14.9. The number of hydrogen-bond donors (Lipinski definition) is 2. The van der Waals surface area contributed by atoms with Crippen LogP contribution >= 0.6 is 0 Å². The van der Waals surface area contributed by atoms with Crippen LogP contribution in [-0.2, 0) is 24.8 Å². The van der Waals surface area contributed by atoms with Crippen LogP contribution in [0.25, 0.3) is 0 Å². The van der Waals surface area contributed by atoms with Gasteiger partial charge in [-0.25, -0.2) is 21.6 Å². The molecular weight excluding hydrogens is 458 g/mol. The molecule has 0 unspecified atom stereocenters. The standard InChI is InChI=1S/C20H27N3O7S2/c1-14(2)22-32(27,28)17-10-11-19(30-4)18(12-17)21-20(24)13-23(31(5,25)26)15-6-8-16(29-3)9-7-15/h6-12,14,22H,13H2,1-5H3,(H,21,24). The Balaban J connectivity index is 2.32. The number of hydrogen-bond acceptors (Lipinski definition) is 7. The van der Waals surface area contributed by atoms with Crippen molar-refractivity contribution in [1.29, 1.82) is 0 Å². The van der Waals surface area contributed by atoms with Crippen LogP contribution in [0.3, 0.4) is 0 Å². The Bertz CT molecular complexity index is 1160. The number of carbonyl (C=O) groups excluding carboxylic acids is 1. The van der Waals surface area contributed by atoms with Crippen LogP contribution < -0.4 is 23.8 Å². The molecule has 2 aromatic carbocycles. The Morgan fingerprint density at radius 1 is 1.00 bits per heavy atom. The van der Waals surface area contributed by atoms with E-state index in [1.165, 1.54) is 44.6 Å². The van der Waals surface area contributed by atoms with Gasteiger partial charge in [0, 0.05) is 6.04 Å². The molecule has 32 heavy (non-hydrogen) atoms. The third-order valence-electron chi connectivity index (χ3n) is 4.19. The summed E-state index contributed by atoms with van der Waals surface area (Å²) < 4.78 is 63.2. The van der Waals surface area contributed by atoms with Gasteiger partial charge in [-0.05, 0) is 56.3 Å². The predicted octanol–water partition coefficient (Wildman–Crippen LogP) is 1.80. The molecule has 0 bridgehead atoms. The SMILES string of the molecule is COc1ccc(N(CC(=O)Nc2cc(S(=O)(=O)NC(C)C)ccc2OC)S(C)(=O)=O)cc1. The van der Waals surface area contributed by atoms with E-state index in [0.29, 0.717) is 5.75 Å². The highest BCUT2D eigenvalue weighted by atomic mass is 32.2. The number of nitrogens with zero attached hydrogens (tertiary/aromatic N) is 1. The van der Waals surface area contributed by atoms with Crippen LogP contribution in [-0.4, -0.2) is 55.8 Å². The fourth-order valence-electron chi connectivity index (χ4n) is 2.80. The molecule has 0 saturated carbocycles. The molecule has 10 nitrogen and oxygen atoms in total. The van der Waals surface area contributed by atoms with Gasteiger partial charge in [0.15, 0.2) is 0 Å². The van der Waals surface area contributed by atoms with Crippen LogP contribution in [0.2, 0.25) is 0 Å². The molecule has 0 aliphatic heterocycles. The van der Waals surface area contributed by atoms with E-state index in [1.807, 2.05) is 0 Å². The zero-order valence-corrected chi connectivity index (χ0v) is 20.1. The Morgan fingerprint density at radius 3 is 2.12 bits per heavy atom. The largest absolute Gasteiger partial charge is 0.497 e. The van der Waals surface area contributed by atoms with Gasteiger partial charge in [-0.2, -0.15) is 0 Å². The van der Waals surface area contributed by atoms with Crippen LogP contribution in [0.4, 0.5) is 11.4 Å². The molecule has 0 spiro atoms. The van der Waals surface area contributed by atoms with Gasteiger partial charge in [-0.15, -0.1) is 0 Å². The molecule has 2 rings (SSSR count). The fourth-order valence-corrected chi connectivity index (χ4v) is 4.93. The molecule has 0 aliphatic rings. The fraction of sp³-hybridized carbons (Fsp3) is 0.350. The maximum absolute atomic E-state index is 12.7. The second kappa shape index (κ2) is 10.2. The average molecular weight is 486 g/mol. The third-order valence-corrected chi connectivity index (χ3v) is 6.99. The number of ether oxygens (including phenoxy) is 2. The van der Waals surface area contributed by atoms with E-state index in [2.05, 4.69) is 10.0 Å². The summed E-state index contributed by atoms with van der Waals surface area (Å²) in [6.07, 6.45) is 0.982. The van der Waals surface area contributed by atoms with E-state index in [1.54, 1.807) is 26.0 Å². The van der Waals surface area contributed by atoms with E-state index in [4.69, 9.17) is 9.47 Å². The molecule has 0 fully saturated rings. The number of benzene rings is 2. The van der Waals surface area contributed by atoms with Crippen LogP contribution in [0.1, 0.15) is 13.8 Å². The van der Waals surface area contributed by atoms with E-state index in [-0.39, 0.29) is 28.1 Å². The number of rotatable bonds is 10. The van der Waals surface area contributed by atoms with Crippen molar-refractivity contribution in [3.05, 3.63) is 42.5 Å². The first-order valence-electron chi connectivity index (χ1n) is 9.49. The van der Waals surface area contributed by atoms with Crippen molar-refractivity contribution in [3.63, 3.8) is 0 Å². The minimum absolute atomic E-state index is 0.0718. The summed E-state index contributed by atoms with van der Waals surface area (Å²) in [7, 11) is -4.76. The summed E-state index contributed by atoms with van der Waals surface area (Å²) in [4.78, 5) is 12.6. The van der Waals surface area contributed by atoms with Crippen molar-refractivity contribution in [1.82, 2.24) is 4.72 Å². The molecule has 0 radical (unpaired) electrons. The van der Waals surface area contributed by atoms with Crippen LogP contribution in [0, 0.1) is 0 Å². The zero-order chi connectivity index (χ0) is 24.1. The number of sulfonamides is 2. The Hall–Kier alpha value is -2.83. The van der Waals surface area contributed by atoms with Gasteiger partial charge in [0.05, 0.1) is 36.7 Å². The van der Waals surface area contributed by atoms with Crippen LogP contribution in [0.5, 0.6) is 11.5 Å². The summed E-state index contributed by atoms with van der Waals surface area (Å²) in [5, 5.41) is 2.54. The van der Waals surface area contributed by atoms with Crippen molar-refractivity contribution >= 4 is 37.3 Å². The molecule has 0 heterocycles. The van der Waals surface area contributed by atoms with Gasteiger partial charge < -0.3 is 14.8 Å². The normalized spacial score (nSPS) is 11.8. The smallest absolute Gasteiger partial charge is 0.245 e. The van der Waals surface area contributed by atoms with Gasteiger partial charge in [-0.1, -0.05) is 0 Å². The maximum atomic E-state index is 12.7. The molecule has 0 aliphatic carbocycles. The quantitative estimate of drug-likeness (QED) is 0.524. The zero-order valence-electron chi connectivity index (χ0n) is 18.4. The van der Waals surface area contributed by atoms with Crippen molar-refractivity contribution in [2.75, 3.05) is 36.6 Å². The van der Waals surface area contributed by atoms with Gasteiger partial charge in [0.25, 0.3) is 0 Å². The second-order valence-electron chi connectivity index (χ2n) is 7.15. The minimum atomic E-state index is -3.81. The van der Waals surface area contributed by atoms with E-state index in [0.717, 1.165) is 10.6 Å². The lowest BCUT2D eigenvalue weighted by Crippen LogP contribution is -2.37. The summed E-state index contributed by atoms with van der Waals surface area (Å²) in [5.41, 5.74) is 0.361. The molecule has 2 aromatic rings. The first-order valence-corrected chi connectivity index (χ1v) is 12.8. The van der Waals surface area contributed by atoms with Gasteiger partial charge >= 0.3 is 0 Å². The number of nitrogens with one attached hydrogen (secondary N) is 2. The van der Waals surface area contributed by atoms with E-state index >= 15 is 0 Å². The Morgan fingerprint density at radius 2 is 1.62 bits per heavy atom. The van der Waals surface area contributed by atoms with Crippen molar-refractivity contribution in [2.45, 2.75) is 24.8 Å². The highest BCUT2D eigenvalue weighted by molar-refractivity contribution is 7.92. The molecule has 0 saturated heterocycles. The molecule has 1 amide bonds. The Labute approximate surface area is 188 Å².